The molecule has 0 amide bonds. The molecule has 0 saturated carbocycles. The molecule has 0 heterocycles. The molecule has 0 aromatic heterocycles. The highest BCUT2D eigenvalue weighted by Gasteiger charge is 2.09. The van der Waals surface area contributed by atoms with Gasteiger partial charge in [-0.1, -0.05) is 20.8 Å². The lowest BCUT2D eigenvalue weighted by Gasteiger charge is -2.19. The Bertz CT molecular complexity index is 123. The third-order valence-electron chi connectivity index (χ3n) is 1.71. The van der Waals surface area contributed by atoms with Gasteiger partial charge in [0, 0.05) is 0 Å². The maximum atomic E-state index is 5.59. The molecule has 4 nitrogen and oxygen atoms in total. The Balaban J connectivity index is 3.25. The molecule has 0 aliphatic carbocycles. The summed E-state index contributed by atoms with van der Waals surface area (Å²) in [5.41, 5.74) is 8.60. The minimum Gasteiger partial charge on any atom is -0.302 e. The topological polar surface area (TPSA) is 59.3 Å². The molecular formula is C9H23N3O. The second kappa shape index (κ2) is 6.32. The molecule has 0 rings (SSSR count). The van der Waals surface area contributed by atoms with Gasteiger partial charge in [0.15, 0.2) is 0 Å². The van der Waals surface area contributed by atoms with Gasteiger partial charge in [-0.3, -0.25) is 5.32 Å². The van der Waals surface area contributed by atoms with Crippen LogP contribution in [0.4, 0.5) is 0 Å². The van der Waals surface area contributed by atoms with Gasteiger partial charge in [-0.2, -0.15) is 5.48 Å². The van der Waals surface area contributed by atoms with E-state index in [1.165, 1.54) is 6.42 Å². The minimum atomic E-state index is -0.273. The highest BCUT2D eigenvalue weighted by molar-refractivity contribution is 4.62. The van der Waals surface area contributed by atoms with Gasteiger partial charge in [0.25, 0.3) is 0 Å². The van der Waals surface area contributed by atoms with Crippen molar-refractivity contribution in [2.75, 3.05) is 13.7 Å². The van der Waals surface area contributed by atoms with E-state index < -0.39 is 0 Å². The molecule has 0 bridgehead atoms. The van der Waals surface area contributed by atoms with Crippen LogP contribution in [0.25, 0.3) is 0 Å². The molecular weight excluding hydrogens is 166 g/mol. The molecule has 0 spiro atoms. The summed E-state index contributed by atoms with van der Waals surface area (Å²) in [5, 5.41) is 3.10. The predicted molar refractivity (Wildman–Crippen MR) is 54.8 cm³/mol. The zero-order valence-corrected chi connectivity index (χ0v) is 9.18. The maximum Gasteiger partial charge on any atom is 0.132 e. The average Bonchev–Trinajstić information content (AvgIpc) is 1.97. The fourth-order valence-electron chi connectivity index (χ4n) is 1.04. The summed E-state index contributed by atoms with van der Waals surface area (Å²) in [6.07, 6.45) is 2.05. The lowest BCUT2D eigenvalue weighted by Crippen LogP contribution is -2.49. The molecule has 0 aromatic rings. The summed E-state index contributed by atoms with van der Waals surface area (Å²) < 4.78 is 0. The second-order valence-electron chi connectivity index (χ2n) is 4.42. The van der Waals surface area contributed by atoms with Gasteiger partial charge in [0.1, 0.15) is 6.29 Å². The number of hydrogen-bond acceptors (Lipinski definition) is 4. The van der Waals surface area contributed by atoms with Crippen LogP contribution in [-0.4, -0.2) is 19.9 Å². The standard InChI is InChI=1S/C9H23N3O/c1-9(2,3)6-5-7-11-8(10)12-13-4/h8,11-12H,5-7,10H2,1-4H3. The summed E-state index contributed by atoms with van der Waals surface area (Å²) in [4.78, 5) is 4.66. The van der Waals surface area contributed by atoms with Crippen LogP contribution in [-0.2, 0) is 4.84 Å². The van der Waals surface area contributed by atoms with Crippen LogP contribution in [0, 0.1) is 5.41 Å². The van der Waals surface area contributed by atoms with Gasteiger partial charge in [-0.15, -0.1) is 0 Å². The van der Waals surface area contributed by atoms with E-state index in [2.05, 4.69) is 36.4 Å². The van der Waals surface area contributed by atoms with Crippen LogP contribution in [0.5, 0.6) is 0 Å². The summed E-state index contributed by atoms with van der Waals surface area (Å²) in [6.45, 7) is 7.62. The molecule has 0 aliphatic heterocycles. The lowest BCUT2D eigenvalue weighted by molar-refractivity contribution is 0.0517. The Kier molecular flexibility index (Phi) is 6.24. The zero-order chi connectivity index (χ0) is 10.3. The third-order valence-corrected chi connectivity index (χ3v) is 1.71. The van der Waals surface area contributed by atoms with Crippen LogP contribution < -0.4 is 16.5 Å². The van der Waals surface area contributed by atoms with Crippen molar-refractivity contribution >= 4 is 0 Å². The predicted octanol–water partition coefficient (Wildman–Crippen LogP) is 0.796. The van der Waals surface area contributed by atoms with Gasteiger partial charge < -0.3 is 10.6 Å². The summed E-state index contributed by atoms with van der Waals surface area (Å²) in [6, 6.07) is 0. The molecule has 4 N–H and O–H groups in total. The second-order valence-corrected chi connectivity index (χ2v) is 4.42. The summed E-state index contributed by atoms with van der Waals surface area (Å²) in [5.74, 6) is 0. The van der Waals surface area contributed by atoms with E-state index in [9.17, 15) is 0 Å². The molecule has 0 aliphatic rings. The van der Waals surface area contributed by atoms with Crippen LogP contribution >= 0.6 is 0 Å². The third kappa shape index (κ3) is 9.76. The van der Waals surface area contributed by atoms with Gasteiger partial charge in [-0.25, -0.2) is 0 Å². The fraction of sp³-hybridized carbons (Fsp3) is 1.00. The molecule has 0 aromatic carbocycles. The fourth-order valence-corrected chi connectivity index (χ4v) is 1.04. The van der Waals surface area contributed by atoms with Gasteiger partial charge >= 0.3 is 0 Å². The van der Waals surface area contributed by atoms with E-state index in [0.29, 0.717) is 5.41 Å². The van der Waals surface area contributed by atoms with Crippen molar-refractivity contribution in [2.24, 2.45) is 11.1 Å². The molecule has 0 fully saturated rings. The van der Waals surface area contributed by atoms with Crippen molar-refractivity contribution in [2.45, 2.75) is 39.9 Å². The van der Waals surface area contributed by atoms with E-state index in [1.54, 1.807) is 7.11 Å². The van der Waals surface area contributed by atoms with E-state index in [0.717, 1.165) is 13.0 Å². The Hall–Kier alpha value is -0.160. The smallest absolute Gasteiger partial charge is 0.132 e. The Labute approximate surface area is 81.2 Å². The summed E-state index contributed by atoms with van der Waals surface area (Å²) >= 11 is 0. The highest BCUT2D eigenvalue weighted by atomic mass is 16.6. The van der Waals surface area contributed by atoms with E-state index in [1.807, 2.05) is 0 Å². The first-order chi connectivity index (χ1) is 5.95. The molecule has 1 unspecified atom stereocenters. The van der Waals surface area contributed by atoms with Gasteiger partial charge in [0.2, 0.25) is 0 Å². The first-order valence-electron chi connectivity index (χ1n) is 4.73. The lowest BCUT2D eigenvalue weighted by atomic mass is 9.91. The first-order valence-corrected chi connectivity index (χ1v) is 4.73. The van der Waals surface area contributed by atoms with Gasteiger partial charge in [-0.05, 0) is 24.8 Å². The molecule has 4 heteroatoms. The van der Waals surface area contributed by atoms with Crippen molar-refractivity contribution in [3.63, 3.8) is 0 Å². The quantitative estimate of drug-likeness (QED) is 0.328. The van der Waals surface area contributed by atoms with E-state index in [-0.39, 0.29) is 6.29 Å². The molecule has 1 atom stereocenters. The van der Waals surface area contributed by atoms with E-state index in [4.69, 9.17) is 5.73 Å². The number of rotatable bonds is 6. The maximum absolute atomic E-state index is 5.59. The molecule has 13 heavy (non-hydrogen) atoms. The Morgan fingerprint density at radius 1 is 1.38 bits per heavy atom. The van der Waals surface area contributed by atoms with Crippen molar-refractivity contribution in [3.05, 3.63) is 0 Å². The van der Waals surface area contributed by atoms with Gasteiger partial charge in [0.05, 0.1) is 7.11 Å². The largest absolute Gasteiger partial charge is 0.302 e. The normalized spacial score (nSPS) is 14.5. The van der Waals surface area contributed by atoms with Crippen molar-refractivity contribution < 1.29 is 4.84 Å². The monoisotopic (exact) mass is 189 g/mol. The molecule has 0 saturated heterocycles. The van der Waals surface area contributed by atoms with Crippen LogP contribution in [0.3, 0.4) is 0 Å². The number of nitrogens with one attached hydrogen (secondary N) is 2. The highest BCUT2D eigenvalue weighted by Crippen LogP contribution is 2.19. The number of nitrogens with two attached hydrogens (primary N) is 1. The zero-order valence-electron chi connectivity index (χ0n) is 9.18. The summed E-state index contributed by atoms with van der Waals surface area (Å²) in [7, 11) is 1.55. The van der Waals surface area contributed by atoms with Crippen LogP contribution in [0.15, 0.2) is 0 Å². The molecule has 80 valence electrons. The van der Waals surface area contributed by atoms with Crippen molar-refractivity contribution in [1.82, 2.24) is 10.8 Å². The number of hydrogen-bond donors (Lipinski definition) is 3. The SMILES string of the molecule is CONC(N)NCCCC(C)(C)C. The average molecular weight is 189 g/mol. The van der Waals surface area contributed by atoms with Crippen LogP contribution in [0.1, 0.15) is 33.6 Å². The Morgan fingerprint density at radius 2 is 2.00 bits per heavy atom. The van der Waals surface area contributed by atoms with Crippen molar-refractivity contribution in [1.29, 1.82) is 0 Å². The van der Waals surface area contributed by atoms with Crippen molar-refractivity contribution in [3.8, 4) is 0 Å². The first kappa shape index (κ1) is 12.8. The van der Waals surface area contributed by atoms with E-state index >= 15 is 0 Å². The molecule has 0 radical (unpaired) electrons. The number of hydroxylamine groups is 1. The van der Waals surface area contributed by atoms with Crippen LogP contribution in [0.2, 0.25) is 0 Å². The Morgan fingerprint density at radius 3 is 2.46 bits per heavy atom. The minimum absolute atomic E-state index is 0.273.